The van der Waals surface area contributed by atoms with Gasteiger partial charge < -0.3 is 20.9 Å². The molecule has 0 aromatic heterocycles. The van der Waals surface area contributed by atoms with Gasteiger partial charge in [-0.2, -0.15) is 0 Å². The summed E-state index contributed by atoms with van der Waals surface area (Å²) in [6.45, 7) is 10.4. The average Bonchev–Trinajstić information content (AvgIpc) is 2.98. The molecule has 0 spiro atoms. The zero-order valence-corrected chi connectivity index (χ0v) is 19.5. The van der Waals surface area contributed by atoms with E-state index in [2.05, 4.69) is 86.8 Å². The number of guanidine groups is 1. The molecule has 0 radical (unpaired) electrons. The molecule has 0 bridgehead atoms. The number of nitrogens with one attached hydrogen (secondary N) is 3. The molecule has 1 heterocycles. The number of benzene rings is 1. The van der Waals surface area contributed by atoms with Gasteiger partial charge in [-0.3, -0.25) is 4.99 Å². The summed E-state index contributed by atoms with van der Waals surface area (Å²) in [5, 5.41) is 10.4. The number of aliphatic imine (C=N–C) groups is 1. The minimum atomic E-state index is 0. The average molecular weight is 524 g/mol. The van der Waals surface area contributed by atoms with Crippen LogP contribution in [0.2, 0.25) is 0 Å². The van der Waals surface area contributed by atoms with Gasteiger partial charge in [0, 0.05) is 55.0 Å². The molecule has 1 aliphatic rings. The van der Waals surface area contributed by atoms with Crippen LogP contribution in [0.25, 0.3) is 0 Å². The Kier molecular flexibility index (Phi) is 9.51. The Morgan fingerprint density at radius 3 is 2.52 bits per heavy atom. The molecule has 1 aromatic rings. The number of hydrogen-bond donors (Lipinski definition) is 3. The second-order valence-electron chi connectivity index (χ2n) is 7.23. The lowest BCUT2D eigenvalue weighted by molar-refractivity contribution is 0.428. The minimum Gasteiger partial charge on any atom is -0.369 e. The van der Waals surface area contributed by atoms with Crippen LogP contribution in [0.4, 0.5) is 5.69 Å². The second kappa shape index (κ2) is 10.6. The molecule has 0 amide bonds. The van der Waals surface area contributed by atoms with Crippen molar-refractivity contribution >= 4 is 51.6 Å². The van der Waals surface area contributed by atoms with Crippen LogP contribution in [0.3, 0.4) is 0 Å². The molecule has 1 aliphatic heterocycles. The topological polar surface area (TPSA) is 51.7 Å². The lowest BCUT2D eigenvalue weighted by atomic mass is 10.1. The number of anilines is 1. The van der Waals surface area contributed by atoms with E-state index in [1.54, 1.807) is 0 Å². The summed E-state index contributed by atoms with van der Waals surface area (Å²) in [6.07, 6.45) is 1.12. The van der Waals surface area contributed by atoms with Gasteiger partial charge in [0.2, 0.25) is 0 Å². The Bertz CT molecular complexity index is 541. The van der Waals surface area contributed by atoms with Gasteiger partial charge in [0.25, 0.3) is 0 Å². The highest BCUT2D eigenvalue weighted by Crippen LogP contribution is 2.22. The van der Waals surface area contributed by atoms with Gasteiger partial charge in [0.1, 0.15) is 0 Å². The van der Waals surface area contributed by atoms with Crippen molar-refractivity contribution in [3.63, 3.8) is 0 Å². The fourth-order valence-electron chi connectivity index (χ4n) is 2.77. The van der Waals surface area contributed by atoms with Crippen LogP contribution in [0.15, 0.2) is 33.7 Å². The van der Waals surface area contributed by atoms with Gasteiger partial charge in [-0.15, -0.1) is 24.0 Å². The van der Waals surface area contributed by atoms with E-state index >= 15 is 0 Å². The third kappa shape index (κ3) is 8.13. The first-order valence-electron chi connectivity index (χ1n) is 8.60. The fraction of sp³-hybridized carbons (Fsp3) is 0.611. The van der Waals surface area contributed by atoms with Crippen molar-refractivity contribution in [3.8, 4) is 0 Å². The van der Waals surface area contributed by atoms with Gasteiger partial charge in [0.05, 0.1) is 0 Å². The van der Waals surface area contributed by atoms with Gasteiger partial charge in [-0.1, -0.05) is 15.9 Å². The van der Waals surface area contributed by atoms with E-state index in [0.29, 0.717) is 6.04 Å². The molecule has 2 rings (SSSR count). The molecule has 7 heteroatoms. The van der Waals surface area contributed by atoms with Crippen molar-refractivity contribution in [3.05, 3.63) is 28.7 Å². The maximum Gasteiger partial charge on any atom is 0.191 e. The van der Waals surface area contributed by atoms with Crippen molar-refractivity contribution < 1.29 is 0 Å². The van der Waals surface area contributed by atoms with E-state index in [-0.39, 0.29) is 29.5 Å². The zero-order valence-electron chi connectivity index (χ0n) is 15.6. The van der Waals surface area contributed by atoms with Crippen molar-refractivity contribution in [2.75, 3.05) is 38.1 Å². The third-order valence-corrected chi connectivity index (χ3v) is 4.55. The summed E-state index contributed by atoms with van der Waals surface area (Å²) in [7, 11) is 1.83. The van der Waals surface area contributed by atoms with Gasteiger partial charge >= 0.3 is 0 Å². The largest absolute Gasteiger partial charge is 0.369 e. The van der Waals surface area contributed by atoms with Gasteiger partial charge in [0.15, 0.2) is 5.96 Å². The van der Waals surface area contributed by atoms with Gasteiger partial charge in [-0.25, -0.2) is 0 Å². The van der Waals surface area contributed by atoms with Crippen LogP contribution in [0, 0.1) is 0 Å². The highest BCUT2D eigenvalue weighted by Gasteiger charge is 2.23. The molecule has 1 unspecified atom stereocenters. The molecule has 0 aliphatic carbocycles. The van der Waals surface area contributed by atoms with E-state index in [4.69, 9.17) is 0 Å². The number of halogens is 2. The molecule has 142 valence electrons. The second-order valence-corrected chi connectivity index (χ2v) is 8.14. The van der Waals surface area contributed by atoms with E-state index in [0.717, 1.165) is 43.0 Å². The van der Waals surface area contributed by atoms with Crippen LogP contribution < -0.4 is 20.9 Å². The Labute approximate surface area is 177 Å². The molecule has 25 heavy (non-hydrogen) atoms. The van der Waals surface area contributed by atoms with Crippen molar-refractivity contribution in [1.82, 2.24) is 16.0 Å². The monoisotopic (exact) mass is 523 g/mol. The lowest BCUT2D eigenvalue weighted by Crippen LogP contribution is -2.47. The molecule has 1 fully saturated rings. The maximum absolute atomic E-state index is 4.34. The first-order chi connectivity index (χ1) is 11.4. The first kappa shape index (κ1) is 22.5. The normalized spacial score (nSPS) is 18.0. The Hall–Kier alpha value is -0.540. The summed E-state index contributed by atoms with van der Waals surface area (Å²) < 4.78 is 1.12. The number of hydrogen-bond acceptors (Lipinski definition) is 3. The quantitative estimate of drug-likeness (QED) is 0.240. The first-order valence-corrected chi connectivity index (χ1v) is 9.39. The Morgan fingerprint density at radius 1 is 1.24 bits per heavy atom. The van der Waals surface area contributed by atoms with E-state index in [1.165, 1.54) is 5.69 Å². The Morgan fingerprint density at radius 2 is 1.92 bits per heavy atom. The predicted molar refractivity (Wildman–Crippen MR) is 122 cm³/mol. The summed E-state index contributed by atoms with van der Waals surface area (Å²) >= 11 is 3.49. The molecule has 1 atom stereocenters. The van der Waals surface area contributed by atoms with Crippen molar-refractivity contribution in [2.45, 2.75) is 38.8 Å². The standard InChI is InChI=1S/C18H30BrN5.HI/c1-18(2,3)22-11-10-21-17(20-4)23-15-9-12-24(13-15)16-7-5-14(19)6-8-16;/h5-8,15,22H,9-13H2,1-4H3,(H2,20,21,23);1H. The summed E-state index contributed by atoms with van der Waals surface area (Å²) in [6, 6.07) is 8.95. The molecule has 0 saturated carbocycles. The highest BCUT2D eigenvalue weighted by atomic mass is 127. The van der Waals surface area contributed by atoms with Gasteiger partial charge in [-0.05, 0) is 51.5 Å². The molecular formula is C18H31BrIN5. The molecule has 3 N–H and O–H groups in total. The lowest BCUT2D eigenvalue weighted by Gasteiger charge is -2.22. The Balaban J connectivity index is 0.00000312. The minimum absolute atomic E-state index is 0. The predicted octanol–water partition coefficient (Wildman–Crippen LogP) is 3.20. The number of nitrogens with zero attached hydrogens (tertiary/aromatic N) is 2. The van der Waals surface area contributed by atoms with E-state index in [1.807, 2.05) is 7.05 Å². The molecular weight excluding hydrogens is 493 g/mol. The highest BCUT2D eigenvalue weighted by molar-refractivity contribution is 14.0. The molecule has 1 saturated heterocycles. The zero-order chi connectivity index (χ0) is 17.6. The third-order valence-electron chi connectivity index (χ3n) is 4.02. The van der Waals surface area contributed by atoms with Crippen molar-refractivity contribution in [1.29, 1.82) is 0 Å². The summed E-state index contributed by atoms with van der Waals surface area (Å²) in [5.74, 6) is 0.883. The molecule has 1 aromatic carbocycles. The summed E-state index contributed by atoms with van der Waals surface area (Å²) in [4.78, 5) is 6.75. The number of rotatable bonds is 5. The SMILES string of the molecule is CN=C(NCCNC(C)(C)C)NC1CCN(c2ccc(Br)cc2)C1.I. The van der Waals surface area contributed by atoms with Crippen LogP contribution in [-0.4, -0.2) is 50.8 Å². The smallest absolute Gasteiger partial charge is 0.191 e. The fourth-order valence-corrected chi connectivity index (χ4v) is 3.04. The molecule has 5 nitrogen and oxygen atoms in total. The van der Waals surface area contributed by atoms with E-state index in [9.17, 15) is 0 Å². The van der Waals surface area contributed by atoms with E-state index < -0.39 is 0 Å². The van der Waals surface area contributed by atoms with Crippen LogP contribution in [0.5, 0.6) is 0 Å². The van der Waals surface area contributed by atoms with Crippen molar-refractivity contribution in [2.24, 2.45) is 4.99 Å². The van der Waals surface area contributed by atoms with Crippen LogP contribution in [0.1, 0.15) is 27.2 Å². The summed E-state index contributed by atoms with van der Waals surface area (Å²) in [5.41, 5.74) is 1.43. The van der Waals surface area contributed by atoms with Crippen LogP contribution in [-0.2, 0) is 0 Å². The maximum atomic E-state index is 4.34. The van der Waals surface area contributed by atoms with Crippen LogP contribution >= 0.6 is 39.9 Å².